The topological polar surface area (TPSA) is 80.4 Å². The molecule has 0 aliphatic carbocycles. The van der Waals surface area contributed by atoms with Gasteiger partial charge in [0.25, 0.3) is 5.69 Å². The molecule has 0 aliphatic heterocycles. The van der Waals surface area contributed by atoms with Crippen LogP contribution in [0.3, 0.4) is 0 Å². The molecule has 2 aromatic rings. The maximum atomic E-state index is 11.9. The van der Waals surface area contributed by atoms with Crippen molar-refractivity contribution in [2.75, 3.05) is 0 Å². The molecule has 1 N–H and O–H groups in total. The number of nitro benzene ring substituents is 1. The van der Waals surface area contributed by atoms with E-state index in [0.717, 1.165) is 4.47 Å². The highest BCUT2D eigenvalue weighted by atomic mass is 79.9. The zero-order valence-electron chi connectivity index (χ0n) is 10.7. The van der Waals surface area contributed by atoms with Crippen LogP contribution in [0.2, 0.25) is 0 Å². The van der Waals surface area contributed by atoms with Crippen molar-refractivity contribution in [2.24, 2.45) is 0 Å². The smallest absolute Gasteiger partial charge is 0.270 e. The Morgan fingerprint density at radius 3 is 2.48 bits per heavy atom. The Hall–Kier alpha value is -2.47. The van der Waals surface area contributed by atoms with Crippen LogP contribution < -0.4 is 0 Å². The lowest BCUT2D eigenvalue weighted by Crippen LogP contribution is -1.93. The number of benzene rings is 2. The van der Waals surface area contributed by atoms with Crippen LogP contribution in [0.1, 0.15) is 15.9 Å². The number of aromatic hydroxyl groups is 1. The summed E-state index contributed by atoms with van der Waals surface area (Å²) >= 11 is 3.28. The first-order valence-corrected chi connectivity index (χ1v) is 6.72. The van der Waals surface area contributed by atoms with Crippen LogP contribution in [0.15, 0.2) is 53.0 Å². The van der Waals surface area contributed by atoms with E-state index < -0.39 is 4.92 Å². The van der Waals surface area contributed by atoms with Crippen LogP contribution in [0.25, 0.3) is 6.08 Å². The third kappa shape index (κ3) is 3.76. The van der Waals surface area contributed by atoms with Crippen molar-refractivity contribution >= 4 is 33.5 Å². The van der Waals surface area contributed by atoms with Crippen molar-refractivity contribution in [3.63, 3.8) is 0 Å². The zero-order chi connectivity index (χ0) is 15.4. The molecule has 0 saturated carbocycles. The number of hydrogen-bond acceptors (Lipinski definition) is 4. The van der Waals surface area contributed by atoms with Crippen LogP contribution >= 0.6 is 15.9 Å². The fourth-order valence-electron chi connectivity index (χ4n) is 1.66. The van der Waals surface area contributed by atoms with Crippen LogP contribution in [0.4, 0.5) is 5.69 Å². The second-order valence-electron chi connectivity index (χ2n) is 4.20. The maximum Gasteiger partial charge on any atom is 0.270 e. The molecule has 0 amide bonds. The highest BCUT2D eigenvalue weighted by Crippen LogP contribution is 2.24. The van der Waals surface area contributed by atoms with Gasteiger partial charge in [-0.3, -0.25) is 14.9 Å². The van der Waals surface area contributed by atoms with Crippen molar-refractivity contribution in [3.05, 3.63) is 74.3 Å². The predicted molar refractivity (Wildman–Crippen MR) is 82.3 cm³/mol. The van der Waals surface area contributed by atoms with E-state index in [1.165, 1.54) is 30.4 Å². The predicted octanol–water partition coefficient (Wildman–Crippen LogP) is 3.96. The average molecular weight is 348 g/mol. The van der Waals surface area contributed by atoms with Crippen LogP contribution in [0.5, 0.6) is 5.75 Å². The second-order valence-corrected chi connectivity index (χ2v) is 5.12. The standard InChI is InChI=1S/C15H10BrNO4/c16-12-4-1-10(2-5-12)14(18)7-3-11-9-13(17(20)21)6-8-15(11)19/h1-9,19H. The van der Waals surface area contributed by atoms with E-state index >= 15 is 0 Å². The molecule has 5 nitrogen and oxygen atoms in total. The maximum absolute atomic E-state index is 11.9. The number of halogens is 1. The molecule has 0 spiro atoms. The van der Waals surface area contributed by atoms with Gasteiger partial charge in [0, 0.05) is 27.7 Å². The van der Waals surface area contributed by atoms with Crippen molar-refractivity contribution < 1.29 is 14.8 Å². The van der Waals surface area contributed by atoms with E-state index in [-0.39, 0.29) is 22.8 Å². The second kappa shape index (κ2) is 6.32. The lowest BCUT2D eigenvalue weighted by atomic mass is 10.1. The zero-order valence-corrected chi connectivity index (χ0v) is 12.3. The summed E-state index contributed by atoms with van der Waals surface area (Å²) in [7, 11) is 0. The molecule has 0 aliphatic rings. The normalized spacial score (nSPS) is 10.7. The summed E-state index contributed by atoms with van der Waals surface area (Å²) < 4.78 is 0.861. The summed E-state index contributed by atoms with van der Waals surface area (Å²) in [5.74, 6) is -0.381. The minimum absolute atomic E-state index is 0.125. The SMILES string of the molecule is O=C(C=Cc1cc([N+](=O)[O-])ccc1O)c1ccc(Br)cc1. The molecule has 0 saturated heterocycles. The molecule has 0 bridgehead atoms. The number of phenolic OH excluding ortho intramolecular Hbond substituents is 1. The third-order valence-electron chi connectivity index (χ3n) is 2.76. The van der Waals surface area contributed by atoms with E-state index in [9.17, 15) is 20.0 Å². The quantitative estimate of drug-likeness (QED) is 0.393. The van der Waals surface area contributed by atoms with Gasteiger partial charge in [0.05, 0.1) is 4.92 Å². The lowest BCUT2D eigenvalue weighted by Gasteiger charge is -1.99. The average Bonchev–Trinajstić information content (AvgIpc) is 2.46. The van der Waals surface area contributed by atoms with Gasteiger partial charge in [-0.15, -0.1) is 0 Å². The molecule has 106 valence electrons. The number of rotatable bonds is 4. The van der Waals surface area contributed by atoms with E-state index in [0.29, 0.717) is 5.56 Å². The monoisotopic (exact) mass is 347 g/mol. The van der Waals surface area contributed by atoms with Gasteiger partial charge in [-0.05, 0) is 42.5 Å². The summed E-state index contributed by atoms with van der Waals surface area (Å²) in [6, 6.07) is 10.4. The van der Waals surface area contributed by atoms with E-state index in [4.69, 9.17) is 0 Å². The molecule has 2 rings (SSSR count). The Labute approximate surface area is 128 Å². The number of carbonyl (C=O) groups excluding carboxylic acids is 1. The van der Waals surface area contributed by atoms with Crippen molar-refractivity contribution in [1.29, 1.82) is 0 Å². The van der Waals surface area contributed by atoms with Crippen molar-refractivity contribution in [3.8, 4) is 5.75 Å². The minimum atomic E-state index is -0.562. The molecule has 6 heteroatoms. The van der Waals surface area contributed by atoms with Crippen LogP contribution in [-0.2, 0) is 0 Å². The van der Waals surface area contributed by atoms with E-state index in [1.54, 1.807) is 24.3 Å². The van der Waals surface area contributed by atoms with E-state index in [2.05, 4.69) is 15.9 Å². The Kier molecular flexibility index (Phi) is 4.49. The van der Waals surface area contributed by atoms with E-state index in [1.807, 2.05) is 0 Å². The van der Waals surface area contributed by atoms with Crippen molar-refractivity contribution in [2.45, 2.75) is 0 Å². The number of hydrogen-bond donors (Lipinski definition) is 1. The summed E-state index contributed by atoms with van der Waals surface area (Å²) in [4.78, 5) is 22.1. The summed E-state index contributed by atoms with van der Waals surface area (Å²) in [5.41, 5.74) is 0.553. The third-order valence-corrected chi connectivity index (χ3v) is 3.29. The molecule has 21 heavy (non-hydrogen) atoms. The summed E-state index contributed by atoms with van der Waals surface area (Å²) in [6.07, 6.45) is 2.62. The Morgan fingerprint density at radius 1 is 1.19 bits per heavy atom. The largest absolute Gasteiger partial charge is 0.507 e. The van der Waals surface area contributed by atoms with Gasteiger partial charge in [-0.2, -0.15) is 0 Å². The number of allylic oxidation sites excluding steroid dienone is 1. The number of nitro groups is 1. The number of nitrogens with zero attached hydrogens (tertiary/aromatic N) is 1. The Balaban J connectivity index is 2.24. The highest BCUT2D eigenvalue weighted by molar-refractivity contribution is 9.10. The number of phenols is 1. The summed E-state index contributed by atoms with van der Waals surface area (Å²) in [6.45, 7) is 0. The fraction of sp³-hybridized carbons (Fsp3) is 0. The molecule has 0 radical (unpaired) electrons. The Morgan fingerprint density at radius 2 is 1.86 bits per heavy atom. The highest BCUT2D eigenvalue weighted by Gasteiger charge is 2.09. The molecule has 0 atom stereocenters. The van der Waals surface area contributed by atoms with Crippen LogP contribution in [-0.4, -0.2) is 15.8 Å². The molecular formula is C15H10BrNO4. The molecule has 0 unspecified atom stereocenters. The number of ketones is 1. The van der Waals surface area contributed by atoms with Gasteiger partial charge >= 0.3 is 0 Å². The Bertz CT molecular complexity index is 723. The van der Waals surface area contributed by atoms with Gasteiger partial charge < -0.3 is 5.11 Å². The first-order valence-electron chi connectivity index (χ1n) is 5.93. The van der Waals surface area contributed by atoms with Gasteiger partial charge in [-0.1, -0.05) is 15.9 Å². The number of non-ortho nitro benzene ring substituents is 1. The molecule has 0 fully saturated rings. The molecular weight excluding hydrogens is 338 g/mol. The fourth-order valence-corrected chi connectivity index (χ4v) is 1.93. The minimum Gasteiger partial charge on any atom is -0.507 e. The van der Waals surface area contributed by atoms with Crippen molar-refractivity contribution in [1.82, 2.24) is 0 Å². The van der Waals surface area contributed by atoms with Gasteiger partial charge in [-0.25, -0.2) is 0 Å². The van der Waals surface area contributed by atoms with Gasteiger partial charge in [0.2, 0.25) is 0 Å². The molecule has 0 aromatic heterocycles. The lowest BCUT2D eigenvalue weighted by molar-refractivity contribution is -0.384. The molecule has 0 heterocycles. The van der Waals surface area contributed by atoms with Crippen LogP contribution in [0, 0.1) is 10.1 Å². The first kappa shape index (κ1) is 14.9. The van der Waals surface area contributed by atoms with Gasteiger partial charge in [0.1, 0.15) is 5.75 Å². The van der Waals surface area contributed by atoms with Gasteiger partial charge in [0.15, 0.2) is 5.78 Å². The summed E-state index contributed by atoms with van der Waals surface area (Å²) in [5, 5.41) is 20.3. The molecule has 2 aromatic carbocycles. The number of carbonyl (C=O) groups is 1. The first-order chi connectivity index (χ1) is 9.97.